The second-order valence-corrected chi connectivity index (χ2v) is 6.88. The van der Waals surface area contributed by atoms with Crippen LogP contribution in [0, 0.1) is 0 Å². The summed E-state index contributed by atoms with van der Waals surface area (Å²) in [7, 11) is 0. The topological polar surface area (TPSA) is 31.4 Å². The Hall–Kier alpha value is -1.46. The minimum absolute atomic E-state index is 0. The van der Waals surface area contributed by atoms with E-state index in [9.17, 15) is 0 Å². The fourth-order valence-electron chi connectivity index (χ4n) is 3.92. The first-order valence-electron chi connectivity index (χ1n) is 9.06. The van der Waals surface area contributed by atoms with E-state index >= 15 is 0 Å². The minimum Gasteiger partial charge on any atom is -0.314 e. The molecule has 2 saturated heterocycles. The number of hydrogen-bond acceptors (Lipinski definition) is 4. The number of hydrogen-bond donors (Lipinski definition) is 1. The molecule has 0 saturated carbocycles. The van der Waals surface area contributed by atoms with Crippen LogP contribution >= 0.6 is 12.4 Å². The van der Waals surface area contributed by atoms with E-state index in [1.807, 2.05) is 18.3 Å². The van der Waals surface area contributed by atoms with Crippen LogP contribution in [0.15, 0.2) is 48.7 Å². The molecule has 0 aliphatic carbocycles. The highest BCUT2D eigenvalue weighted by atomic mass is 35.5. The van der Waals surface area contributed by atoms with Crippen LogP contribution in [-0.2, 0) is 6.54 Å². The van der Waals surface area contributed by atoms with Crippen LogP contribution in [0.5, 0.6) is 0 Å². The first-order valence-corrected chi connectivity index (χ1v) is 9.06. The van der Waals surface area contributed by atoms with E-state index in [0.29, 0.717) is 0 Å². The van der Waals surface area contributed by atoms with E-state index in [-0.39, 0.29) is 12.4 Å². The summed E-state index contributed by atoms with van der Waals surface area (Å²) in [5.41, 5.74) is 3.66. The molecule has 4 rings (SSSR count). The third kappa shape index (κ3) is 4.59. The largest absolute Gasteiger partial charge is 0.314 e. The van der Waals surface area contributed by atoms with Crippen LogP contribution in [0.4, 0.5) is 0 Å². The van der Waals surface area contributed by atoms with Crippen molar-refractivity contribution in [2.75, 3.05) is 39.3 Å². The van der Waals surface area contributed by atoms with Crippen LogP contribution < -0.4 is 5.32 Å². The van der Waals surface area contributed by atoms with Gasteiger partial charge >= 0.3 is 0 Å². The van der Waals surface area contributed by atoms with Crippen molar-refractivity contribution < 1.29 is 0 Å². The lowest BCUT2D eigenvalue weighted by Gasteiger charge is -2.32. The van der Waals surface area contributed by atoms with E-state index in [4.69, 9.17) is 0 Å². The van der Waals surface area contributed by atoms with Crippen LogP contribution in [0.1, 0.15) is 12.0 Å². The summed E-state index contributed by atoms with van der Waals surface area (Å²) < 4.78 is 0. The number of nitrogens with one attached hydrogen (secondary N) is 1. The van der Waals surface area contributed by atoms with Crippen molar-refractivity contribution in [1.82, 2.24) is 20.1 Å². The normalized spacial score (nSPS) is 21.8. The van der Waals surface area contributed by atoms with E-state index in [1.165, 1.54) is 43.7 Å². The average molecular weight is 359 g/mol. The molecule has 0 radical (unpaired) electrons. The van der Waals surface area contributed by atoms with Gasteiger partial charge in [-0.3, -0.25) is 14.8 Å². The lowest BCUT2D eigenvalue weighted by atomic mass is 10.1. The summed E-state index contributed by atoms with van der Waals surface area (Å²) in [5, 5.41) is 3.45. The monoisotopic (exact) mass is 358 g/mol. The Kier molecular flexibility index (Phi) is 6.43. The second kappa shape index (κ2) is 8.77. The maximum Gasteiger partial charge on any atom is 0.0702 e. The summed E-state index contributed by atoms with van der Waals surface area (Å²) >= 11 is 0. The molecule has 2 fully saturated rings. The van der Waals surface area contributed by atoms with E-state index in [2.05, 4.69) is 50.4 Å². The molecule has 0 spiro atoms. The zero-order valence-corrected chi connectivity index (χ0v) is 15.4. The second-order valence-electron chi connectivity index (χ2n) is 6.88. The highest BCUT2D eigenvalue weighted by Gasteiger charge is 2.28. The van der Waals surface area contributed by atoms with Gasteiger partial charge in [0.05, 0.1) is 5.69 Å². The van der Waals surface area contributed by atoms with E-state index < -0.39 is 0 Å². The van der Waals surface area contributed by atoms with Crippen LogP contribution in [0.25, 0.3) is 11.3 Å². The molecule has 2 aromatic rings. The Bertz CT molecular complexity index is 658. The van der Waals surface area contributed by atoms with Crippen molar-refractivity contribution in [2.24, 2.45) is 0 Å². The van der Waals surface area contributed by atoms with Crippen molar-refractivity contribution in [3.63, 3.8) is 0 Å². The van der Waals surface area contributed by atoms with E-state index in [0.717, 1.165) is 31.4 Å². The van der Waals surface area contributed by atoms with Gasteiger partial charge in [0, 0.05) is 63.6 Å². The Balaban J connectivity index is 0.00000182. The molecule has 0 amide bonds. The third-order valence-corrected chi connectivity index (χ3v) is 5.21. The van der Waals surface area contributed by atoms with Gasteiger partial charge in [-0.25, -0.2) is 0 Å². The lowest BCUT2D eigenvalue weighted by molar-refractivity contribution is 0.170. The number of halogens is 1. The standard InChI is InChI=1S/C20H26N4.ClH/c1-2-8-22-20(6-1)18-5-3-4-17(14-18)15-23-11-7-19(16-23)24-12-9-21-10-13-24;/h1-6,8,14,19,21H,7,9-13,15-16H2;1H. The molecule has 1 aromatic carbocycles. The van der Waals surface area contributed by atoms with Gasteiger partial charge < -0.3 is 5.32 Å². The number of likely N-dealkylation sites (tertiary alicyclic amines) is 1. The van der Waals surface area contributed by atoms with Crippen molar-refractivity contribution >= 4 is 12.4 Å². The SMILES string of the molecule is Cl.c1ccc(-c2cccc(CN3CCC(N4CCNCC4)C3)c2)nc1. The number of nitrogens with zero attached hydrogens (tertiary/aromatic N) is 3. The summed E-state index contributed by atoms with van der Waals surface area (Å²) in [4.78, 5) is 9.74. The first-order chi connectivity index (χ1) is 11.9. The lowest BCUT2D eigenvalue weighted by Crippen LogP contribution is -2.49. The van der Waals surface area contributed by atoms with Gasteiger partial charge in [-0.2, -0.15) is 0 Å². The molecule has 25 heavy (non-hydrogen) atoms. The maximum atomic E-state index is 4.47. The quantitative estimate of drug-likeness (QED) is 0.910. The minimum atomic E-state index is 0. The van der Waals surface area contributed by atoms with Gasteiger partial charge in [-0.05, 0) is 30.2 Å². The molecular weight excluding hydrogens is 332 g/mol. The van der Waals surface area contributed by atoms with Gasteiger partial charge in [0.1, 0.15) is 0 Å². The summed E-state index contributed by atoms with van der Waals surface area (Å²) in [5.74, 6) is 0. The Morgan fingerprint density at radius 3 is 2.72 bits per heavy atom. The highest BCUT2D eigenvalue weighted by Crippen LogP contribution is 2.22. The van der Waals surface area contributed by atoms with Gasteiger partial charge in [0.25, 0.3) is 0 Å². The number of piperazine rings is 1. The number of rotatable bonds is 4. The van der Waals surface area contributed by atoms with Crippen molar-refractivity contribution in [2.45, 2.75) is 19.0 Å². The highest BCUT2D eigenvalue weighted by molar-refractivity contribution is 5.85. The van der Waals surface area contributed by atoms with Crippen LogP contribution in [0.3, 0.4) is 0 Å². The average Bonchev–Trinajstić information content (AvgIpc) is 3.12. The molecule has 2 aliphatic rings. The van der Waals surface area contributed by atoms with Gasteiger partial charge in [0.15, 0.2) is 0 Å². The number of pyridine rings is 1. The van der Waals surface area contributed by atoms with Crippen LogP contribution in [-0.4, -0.2) is 60.1 Å². The third-order valence-electron chi connectivity index (χ3n) is 5.21. The number of benzene rings is 1. The smallest absolute Gasteiger partial charge is 0.0702 e. The molecule has 1 N–H and O–H groups in total. The Labute approximate surface area is 156 Å². The molecule has 1 unspecified atom stereocenters. The predicted octanol–water partition coefficient (Wildman–Crippen LogP) is 2.65. The molecule has 5 heteroatoms. The van der Waals surface area contributed by atoms with Gasteiger partial charge in [0.2, 0.25) is 0 Å². The fraction of sp³-hybridized carbons (Fsp3) is 0.450. The molecule has 2 aliphatic heterocycles. The maximum absolute atomic E-state index is 4.47. The molecule has 3 heterocycles. The predicted molar refractivity (Wildman–Crippen MR) is 105 cm³/mol. The van der Waals surface area contributed by atoms with Crippen molar-refractivity contribution in [3.8, 4) is 11.3 Å². The molecule has 1 atom stereocenters. The summed E-state index contributed by atoms with van der Waals surface area (Å²) in [6, 6.07) is 15.7. The molecule has 0 bridgehead atoms. The number of aromatic nitrogens is 1. The van der Waals surface area contributed by atoms with Crippen molar-refractivity contribution in [1.29, 1.82) is 0 Å². The summed E-state index contributed by atoms with van der Waals surface area (Å²) in [6.45, 7) is 8.14. The van der Waals surface area contributed by atoms with Gasteiger partial charge in [-0.1, -0.05) is 24.3 Å². The fourth-order valence-corrected chi connectivity index (χ4v) is 3.92. The Morgan fingerprint density at radius 1 is 1.04 bits per heavy atom. The zero-order chi connectivity index (χ0) is 16.2. The molecule has 1 aromatic heterocycles. The van der Waals surface area contributed by atoms with Crippen molar-refractivity contribution in [3.05, 3.63) is 54.2 Å². The van der Waals surface area contributed by atoms with E-state index in [1.54, 1.807) is 0 Å². The van der Waals surface area contributed by atoms with Gasteiger partial charge in [-0.15, -0.1) is 12.4 Å². The van der Waals surface area contributed by atoms with Crippen LogP contribution in [0.2, 0.25) is 0 Å². The molecular formula is C20H27ClN4. The Morgan fingerprint density at radius 2 is 1.92 bits per heavy atom. The summed E-state index contributed by atoms with van der Waals surface area (Å²) in [6.07, 6.45) is 3.17. The molecule has 134 valence electrons. The zero-order valence-electron chi connectivity index (χ0n) is 14.6. The molecule has 4 nitrogen and oxygen atoms in total. The first kappa shape index (κ1) is 18.3.